The van der Waals surface area contributed by atoms with E-state index in [9.17, 15) is 0 Å². The van der Waals surface area contributed by atoms with Crippen LogP contribution >= 0.6 is 0 Å². The Hall–Kier alpha value is -0.120. The van der Waals surface area contributed by atoms with Crippen molar-refractivity contribution in [2.45, 2.75) is 18.9 Å². The maximum atomic E-state index is 5.92. The predicted molar refractivity (Wildman–Crippen MR) is 42.9 cm³/mol. The van der Waals surface area contributed by atoms with E-state index in [-0.39, 0.29) is 5.54 Å². The molecule has 3 nitrogen and oxygen atoms in total. The van der Waals surface area contributed by atoms with Crippen LogP contribution in [0.25, 0.3) is 0 Å². The average Bonchev–Trinajstić information content (AvgIpc) is 1.81. The molecule has 0 unspecified atom stereocenters. The minimum Gasteiger partial charge on any atom is -0.323 e. The number of nitrogens with one attached hydrogen (secondary N) is 2. The van der Waals surface area contributed by atoms with Crippen molar-refractivity contribution in [3.8, 4) is 0 Å². The maximum absolute atomic E-state index is 5.92. The first-order chi connectivity index (χ1) is 4.71. The van der Waals surface area contributed by atoms with Gasteiger partial charge in [-0.05, 0) is 26.4 Å². The van der Waals surface area contributed by atoms with Crippen molar-refractivity contribution < 1.29 is 0 Å². The molecule has 1 aliphatic rings. The molecule has 0 radical (unpaired) electrons. The van der Waals surface area contributed by atoms with Gasteiger partial charge in [0.15, 0.2) is 0 Å². The van der Waals surface area contributed by atoms with Crippen LogP contribution in [0.4, 0.5) is 0 Å². The minimum atomic E-state index is -0.0690. The van der Waals surface area contributed by atoms with E-state index >= 15 is 0 Å². The normalized spacial score (nSPS) is 27.0. The summed E-state index contributed by atoms with van der Waals surface area (Å²) < 4.78 is 0. The Labute approximate surface area is 62.4 Å². The molecule has 60 valence electrons. The highest BCUT2D eigenvalue weighted by Gasteiger charge is 2.17. The first-order valence-corrected chi connectivity index (χ1v) is 3.91. The third-order valence-electron chi connectivity index (χ3n) is 1.76. The van der Waals surface area contributed by atoms with Crippen molar-refractivity contribution >= 4 is 0 Å². The fourth-order valence-corrected chi connectivity index (χ4v) is 1.15. The molecule has 4 N–H and O–H groups in total. The lowest BCUT2D eigenvalue weighted by molar-refractivity contribution is 0.375. The molecule has 3 heteroatoms. The topological polar surface area (TPSA) is 50.1 Å². The van der Waals surface area contributed by atoms with Crippen LogP contribution in [0, 0.1) is 0 Å². The van der Waals surface area contributed by atoms with E-state index in [1.807, 2.05) is 0 Å². The molecule has 1 fully saturated rings. The SMILES string of the molecule is CC1(N)CNCCCNC1. The Morgan fingerprint density at radius 1 is 1.20 bits per heavy atom. The predicted octanol–water partition coefficient (Wildman–Crippen LogP) is -0.713. The summed E-state index contributed by atoms with van der Waals surface area (Å²) in [6.07, 6.45) is 1.20. The number of rotatable bonds is 0. The molecular weight excluding hydrogens is 126 g/mol. The van der Waals surface area contributed by atoms with Crippen LogP contribution in [-0.2, 0) is 0 Å². The van der Waals surface area contributed by atoms with E-state index in [1.165, 1.54) is 6.42 Å². The molecule has 0 amide bonds. The summed E-state index contributed by atoms with van der Waals surface area (Å²) in [5.41, 5.74) is 5.85. The van der Waals surface area contributed by atoms with Gasteiger partial charge in [-0.1, -0.05) is 0 Å². The van der Waals surface area contributed by atoms with Crippen LogP contribution in [0.1, 0.15) is 13.3 Å². The summed E-state index contributed by atoms with van der Waals surface area (Å²) in [7, 11) is 0. The van der Waals surface area contributed by atoms with Crippen LogP contribution in [0.3, 0.4) is 0 Å². The number of hydrogen-bond acceptors (Lipinski definition) is 3. The Morgan fingerprint density at radius 3 is 2.20 bits per heavy atom. The lowest BCUT2D eigenvalue weighted by Gasteiger charge is -2.27. The van der Waals surface area contributed by atoms with Crippen LogP contribution in [0.5, 0.6) is 0 Å². The molecular formula is C7H17N3. The van der Waals surface area contributed by atoms with Gasteiger partial charge in [0.1, 0.15) is 0 Å². The van der Waals surface area contributed by atoms with Gasteiger partial charge in [0, 0.05) is 18.6 Å². The van der Waals surface area contributed by atoms with Gasteiger partial charge >= 0.3 is 0 Å². The van der Waals surface area contributed by atoms with Gasteiger partial charge in [-0.2, -0.15) is 0 Å². The molecule has 1 aliphatic heterocycles. The molecule has 1 rings (SSSR count). The lowest BCUT2D eigenvalue weighted by Crippen LogP contribution is -2.55. The first-order valence-electron chi connectivity index (χ1n) is 3.91. The molecule has 0 aliphatic carbocycles. The van der Waals surface area contributed by atoms with E-state index < -0.39 is 0 Å². The molecule has 0 aromatic carbocycles. The van der Waals surface area contributed by atoms with E-state index in [2.05, 4.69) is 17.6 Å². The second-order valence-electron chi connectivity index (χ2n) is 3.36. The van der Waals surface area contributed by atoms with E-state index in [1.54, 1.807) is 0 Å². The second-order valence-corrected chi connectivity index (χ2v) is 3.36. The second kappa shape index (κ2) is 3.32. The van der Waals surface area contributed by atoms with Crippen LogP contribution in [0.15, 0.2) is 0 Å². The van der Waals surface area contributed by atoms with Crippen molar-refractivity contribution in [2.75, 3.05) is 26.2 Å². The quantitative estimate of drug-likeness (QED) is 0.420. The van der Waals surface area contributed by atoms with Crippen LogP contribution in [0.2, 0.25) is 0 Å². The molecule has 0 spiro atoms. The molecule has 10 heavy (non-hydrogen) atoms. The summed E-state index contributed by atoms with van der Waals surface area (Å²) in [6.45, 7) is 6.07. The van der Waals surface area contributed by atoms with Gasteiger partial charge in [0.2, 0.25) is 0 Å². The summed E-state index contributed by atoms with van der Waals surface area (Å²) >= 11 is 0. The minimum absolute atomic E-state index is 0.0690. The molecule has 0 atom stereocenters. The summed E-state index contributed by atoms with van der Waals surface area (Å²) in [5.74, 6) is 0. The Kier molecular flexibility index (Phi) is 2.65. The Balaban J connectivity index is 2.30. The van der Waals surface area contributed by atoms with E-state index in [0.29, 0.717) is 0 Å². The van der Waals surface area contributed by atoms with Gasteiger partial charge in [0.05, 0.1) is 0 Å². The van der Waals surface area contributed by atoms with Crippen molar-refractivity contribution in [3.63, 3.8) is 0 Å². The molecule has 0 aromatic rings. The Bertz CT molecular complexity index is 91.0. The highest BCUT2D eigenvalue weighted by atomic mass is 15.0. The fourth-order valence-electron chi connectivity index (χ4n) is 1.15. The molecule has 0 saturated carbocycles. The van der Waals surface area contributed by atoms with Crippen LogP contribution in [-0.4, -0.2) is 31.7 Å². The summed E-state index contributed by atoms with van der Waals surface area (Å²) in [5, 5.41) is 6.62. The van der Waals surface area contributed by atoms with Crippen molar-refractivity contribution in [2.24, 2.45) is 5.73 Å². The average molecular weight is 143 g/mol. The van der Waals surface area contributed by atoms with Gasteiger partial charge in [-0.25, -0.2) is 0 Å². The Morgan fingerprint density at radius 2 is 1.70 bits per heavy atom. The standard InChI is InChI=1S/C7H17N3/c1-7(8)5-9-3-2-4-10-6-7/h9-10H,2-6,8H2,1H3. The largest absolute Gasteiger partial charge is 0.323 e. The third-order valence-corrected chi connectivity index (χ3v) is 1.76. The first kappa shape index (κ1) is 7.98. The molecule has 1 saturated heterocycles. The van der Waals surface area contributed by atoms with Gasteiger partial charge in [-0.15, -0.1) is 0 Å². The zero-order valence-corrected chi connectivity index (χ0v) is 6.61. The van der Waals surface area contributed by atoms with Crippen molar-refractivity contribution in [1.82, 2.24) is 10.6 Å². The lowest BCUT2D eigenvalue weighted by atomic mass is 10.0. The molecule has 0 aromatic heterocycles. The van der Waals surface area contributed by atoms with Gasteiger partial charge in [-0.3, -0.25) is 0 Å². The summed E-state index contributed by atoms with van der Waals surface area (Å²) in [4.78, 5) is 0. The molecule has 0 bridgehead atoms. The van der Waals surface area contributed by atoms with Gasteiger partial charge < -0.3 is 16.4 Å². The fraction of sp³-hybridized carbons (Fsp3) is 1.00. The van der Waals surface area contributed by atoms with Gasteiger partial charge in [0.25, 0.3) is 0 Å². The van der Waals surface area contributed by atoms with Crippen molar-refractivity contribution in [1.29, 1.82) is 0 Å². The zero-order chi connectivity index (χ0) is 7.45. The van der Waals surface area contributed by atoms with Crippen molar-refractivity contribution in [3.05, 3.63) is 0 Å². The highest BCUT2D eigenvalue weighted by Crippen LogP contribution is 1.96. The zero-order valence-electron chi connectivity index (χ0n) is 6.61. The maximum Gasteiger partial charge on any atom is 0.0378 e. The van der Waals surface area contributed by atoms with E-state index in [4.69, 9.17) is 5.73 Å². The highest BCUT2D eigenvalue weighted by molar-refractivity contribution is 4.84. The number of nitrogens with two attached hydrogens (primary N) is 1. The third kappa shape index (κ3) is 2.64. The van der Waals surface area contributed by atoms with E-state index in [0.717, 1.165) is 26.2 Å². The molecule has 1 heterocycles. The summed E-state index contributed by atoms with van der Waals surface area (Å²) in [6, 6.07) is 0. The monoisotopic (exact) mass is 143 g/mol. The smallest absolute Gasteiger partial charge is 0.0378 e. The number of hydrogen-bond donors (Lipinski definition) is 3. The van der Waals surface area contributed by atoms with Crippen LogP contribution < -0.4 is 16.4 Å².